The summed E-state index contributed by atoms with van der Waals surface area (Å²) in [6.07, 6.45) is 0. The number of fused-ring (bicyclic) bond motifs is 1. The van der Waals surface area contributed by atoms with E-state index in [-0.39, 0.29) is 5.56 Å². The number of imide groups is 1. The van der Waals surface area contributed by atoms with Crippen molar-refractivity contribution in [1.29, 1.82) is 5.26 Å². The first-order chi connectivity index (χ1) is 9.61. The van der Waals surface area contributed by atoms with Crippen molar-refractivity contribution in [3.63, 3.8) is 0 Å². The summed E-state index contributed by atoms with van der Waals surface area (Å²) < 4.78 is 0. The first-order valence-electron chi connectivity index (χ1n) is 5.90. The summed E-state index contributed by atoms with van der Waals surface area (Å²) in [5, 5.41) is 8.89. The second-order valence-corrected chi connectivity index (χ2v) is 4.41. The zero-order chi connectivity index (χ0) is 14.3. The number of anilines is 2. The molecule has 1 aliphatic heterocycles. The highest BCUT2D eigenvalue weighted by molar-refractivity contribution is 6.34. The van der Waals surface area contributed by atoms with E-state index >= 15 is 0 Å². The third kappa shape index (κ3) is 1.63. The van der Waals surface area contributed by atoms with E-state index in [1.807, 2.05) is 6.07 Å². The lowest BCUT2D eigenvalue weighted by atomic mass is 10.1. The Labute approximate surface area is 114 Å². The van der Waals surface area contributed by atoms with E-state index in [9.17, 15) is 9.59 Å². The number of nitrogens with two attached hydrogens (primary N) is 1. The van der Waals surface area contributed by atoms with E-state index in [0.717, 1.165) is 4.90 Å². The van der Waals surface area contributed by atoms with Crippen LogP contribution >= 0.6 is 0 Å². The fourth-order valence-corrected chi connectivity index (χ4v) is 2.21. The van der Waals surface area contributed by atoms with Gasteiger partial charge in [0, 0.05) is 5.69 Å². The molecule has 0 aliphatic carbocycles. The molecule has 0 saturated carbocycles. The molecule has 0 atom stereocenters. The topological polar surface area (TPSA) is 87.2 Å². The molecule has 0 aromatic heterocycles. The number of nitriles is 1. The maximum atomic E-state index is 12.3. The molecule has 1 aliphatic rings. The van der Waals surface area contributed by atoms with Crippen LogP contribution in [0.25, 0.3) is 0 Å². The van der Waals surface area contributed by atoms with Gasteiger partial charge in [-0.2, -0.15) is 5.26 Å². The molecule has 1 heterocycles. The minimum Gasteiger partial charge on any atom is -0.399 e. The molecule has 0 fully saturated rings. The average molecular weight is 263 g/mol. The van der Waals surface area contributed by atoms with Gasteiger partial charge in [0.2, 0.25) is 0 Å². The van der Waals surface area contributed by atoms with E-state index in [1.54, 1.807) is 30.3 Å². The molecule has 5 nitrogen and oxygen atoms in total. The van der Waals surface area contributed by atoms with Gasteiger partial charge in [-0.15, -0.1) is 0 Å². The Morgan fingerprint density at radius 1 is 1.00 bits per heavy atom. The molecule has 0 saturated heterocycles. The SMILES string of the molecule is N#Cc1cccc(N2C(=O)c3ccc(N)cc3C2=O)c1. The largest absolute Gasteiger partial charge is 0.399 e. The first-order valence-corrected chi connectivity index (χ1v) is 5.90. The fourth-order valence-electron chi connectivity index (χ4n) is 2.21. The van der Waals surface area contributed by atoms with Gasteiger partial charge in [-0.3, -0.25) is 9.59 Å². The molecule has 96 valence electrons. The summed E-state index contributed by atoms with van der Waals surface area (Å²) in [7, 11) is 0. The summed E-state index contributed by atoms with van der Waals surface area (Å²) in [6.45, 7) is 0. The molecule has 0 unspecified atom stereocenters. The predicted molar refractivity (Wildman–Crippen MR) is 73.2 cm³/mol. The van der Waals surface area contributed by atoms with Crippen LogP contribution in [0.3, 0.4) is 0 Å². The highest BCUT2D eigenvalue weighted by atomic mass is 16.2. The summed E-state index contributed by atoms with van der Waals surface area (Å²) in [6, 6.07) is 13.0. The van der Waals surface area contributed by atoms with Gasteiger partial charge >= 0.3 is 0 Å². The van der Waals surface area contributed by atoms with Gasteiger partial charge < -0.3 is 5.73 Å². The molecule has 5 heteroatoms. The number of benzene rings is 2. The standard InChI is InChI=1S/C15H9N3O2/c16-8-9-2-1-3-11(6-9)18-14(19)12-5-4-10(17)7-13(12)15(18)20/h1-7H,17H2. The Balaban J connectivity index is 2.12. The van der Waals surface area contributed by atoms with E-state index in [2.05, 4.69) is 0 Å². The summed E-state index contributed by atoms with van der Waals surface area (Å²) in [5.41, 5.74) is 7.46. The number of rotatable bonds is 1. The van der Waals surface area contributed by atoms with Crippen LogP contribution in [0, 0.1) is 11.3 Å². The van der Waals surface area contributed by atoms with Crippen molar-refractivity contribution in [3.8, 4) is 6.07 Å². The molecule has 0 spiro atoms. The summed E-state index contributed by atoms with van der Waals surface area (Å²) in [4.78, 5) is 25.7. The lowest BCUT2D eigenvalue weighted by Crippen LogP contribution is -2.29. The Morgan fingerprint density at radius 3 is 2.50 bits per heavy atom. The van der Waals surface area contributed by atoms with Crippen LogP contribution < -0.4 is 10.6 Å². The lowest BCUT2D eigenvalue weighted by Gasteiger charge is -2.13. The molecule has 0 bridgehead atoms. The van der Waals surface area contributed by atoms with E-state index < -0.39 is 11.8 Å². The predicted octanol–water partition coefficient (Wildman–Crippen LogP) is 1.94. The molecule has 2 aromatic rings. The number of nitrogen functional groups attached to an aromatic ring is 1. The smallest absolute Gasteiger partial charge is 0.266 e. The number of carbonyl (C=O) groups excluding carboxylic acids is 2. The van der Waals surface area contributed by atoms with E-state index in [1.165, 1.54) is 12.1 Å². The molecular weight excluding hydrogens is 254 g/mol. The third-order valence-corrected chi connectivity index (χ3v) is 3.14. The average Bonchev–Trinajstić information content (AvgIpc) is 2.70. The monoisotopic (exact) mass is 263 g/mol. The number of hydrogen-bond acceptors (Lipinski definition) is 4. The van der Waals surface area contributed by atoms with Gasteiger partial charge in [-0.05, 0) is 36.4 Å². The van der Waals surface area contributed by atoms with Gasteiger partial charge in [-0.1, -0.05) is 6.07 Å². The molecule has 20 heavy (non-hydrogen) atoms. The molecule has 3 rings (SSSR count). The van der Waals surface area contributed by atoms with Crippen LogP contribution in [0.1, 0.15) is 26.3 Å². The normalized spacial score (nSPS) is 13.2. The highest BCUT2D eigenvalue weighted by Crippen LogP contribution is 2.29. The van der Waals surface area contributed by atoms with E-state index in [0.29, 0.717) is 22.5 Å². The van der Waals surface area contributed by atoms with Gasteiger partial charge in [-0.25, -0.2) is 4.90 Å². The van der Waals surface area contributed by atoms with Crippen molar-refractivity contribution in [2.45, 2.75) is 0 Å². The number of amides is 2. The van der Waals surface area contributed by atoms with Crippen molar-refractivity contribution in [2.24, 2.45) is 0 Å². The zero-order valence-electron chi connectivity index (χ0n) is 10.3. The minimum absolute atomic E-state index is 0.289. The molecule has 2 amide bonds. The third-order valence-electron chi connectivity index (χ3n) is 3.14. The Kier molecular flexibility index (Phi) is 2.51. The maximum absolute atomic E-state index is 12.3. The van der Waals surface area contributed by atoms with Crippen LogP contribution in [0.5, 0.6) is 0 Å². The zero-order valence-corrected chi connectivity index (χ0v) is 10.3. The fraction of sp³-hybridized carbons (Fsp3) is 0. The molecule has 2 N–H and O–H groups in total. The Bertz CT molecular complexity index is 790. The summed E-state index contributed by atoms with van der Waals surface area (Å²) >= 11 is 0. The Hall–Kier alpha value is -3.13. The van der Waals surface area contributed by atoms with Crippen LogP contribution in [-0.4, -0.2) is 11.8 Å². The van der Waals surface area contributed by atoms with Crippen LogP contribution in [0.4, 0.5) is 11.4 Å². The number of nitrogens with zero attached hydrogens (tertiary/aromatic N) is 2. The highest BCUT2D eigenvalue weighted by Gasteiger charge is 2.36. The quantitative estimate of drug-likeness (QED) is 0.629. The molecule has 2 aromatic carbocycles. The molecular formula is C15H9N3O2. The van der Waals surface area contributed by atoms with Crippen molar-refractivity contribution in [3.05, 3.63) is 59.2 Å². The van der Waals surface area contributed by atoms with Crippen molar-refractivity contribution >= 4 is 23.2 Å². The van der Waals surface area contributed by atoms with Gasteiger partial charge in [0.1, 0.15) is 0 Å². The Morgan fingerprint density at radius 2 is 1.75 bits per heavy atom. The first kappa shape index (κ1) is 11.9. The van der Waals surface area contributed by atoms with Crippen LogP contribution in [0.2, 0.25) is 0 Å². The van der Waals surface area contributed by atoms with Crippen molar-refractivity contribution in [2.75, 3.05) is 10.6 Å². The second kappa shape index (κ2) is 4.21. The number of carbonyl (C=O) groups is 2. The van der Waals surface area contributed by atoms with Crippen molar-refractivity contribution in [1.82, 2.24) is 0 Å². The van der Waals surface area contributed by atoms with Gasteiger partial charge in [0.05, 0.1) is 28.4 Å². The second-order valence-electron chi connectivity index (χ2n) is 4.41. The van der Waals surface area contributed by atoms with Gasteiger partial charge in [0.15, 0.2) is 0 Å². The maximum Gasteiger partial charge on any atom is 0.266 e. The van der Waals surface area contributed by atoms with E-state index in [4.69, 9.17) is 11.0 Å². The number of hydrogen-bond donors (Lipinski definition) is 1. The minimum atomic E-state index is -0.424. The van der Waals surface area contributed by atoms with Crippen LogP contribution in [0.15, 0.2) is 42.5 Å². The van der Waals surface area contributed by atoms with Crippen molar-refractivity contribution < 1.29 is 9.59 Å². The summed E-state index contributed by atoms with van der Waals surface area (Å²) in [5.74, 6) is -0.826. The lowest BCUT2D eigenvalue weighted by molar-refractivity contribution is 0.0926. The van der Waals surface area contributed by atoms with Crippen LogP contribution in [-0.2, 0) is 0 Å². The molecule has 0 radical (unpaired) electrons. The van der Waals surface area contributed by atoms with Gasteiger partial charge in [0.25, 0.3) is 11.8 Å².